The van der Waals surface area contributed by atoms with Crippen LogP contribution in [0.15, 0.2) is 24.3 Å². The summed E-state index contributed by atoms with van der Waals surface area (Å²) >= 11 is 1.70. The summed E-state index contributed by atoms with van der Waals surface area (Å²) in [5.74, 6) is -0.157. The SMILES string of the molecule is CCNC(CCC1CCCO1)c1cc2ccc(F)cc2s1. The number of fused-ring (bicyclic) bond motifs is 1. The molecule has 1 aliphatic heterocycles. The average Bonchev–Trinajstić information content (AvgIpc) is 3.11. The van der Waals surface area contributed by atoms with Crippen LogP contribution in [0, 0.1) is 5.82 Å². The molecule has 2 atom stereocenters. The molecule has 2 unspecified atom stereocenters. The Labute approximate surface area is 129 Å². The second-order valence-electron chi connectivity index (χ2n) is 5.65. The third kappa shape index (κ3) is 3.62. The molecule has 1 saturated heterocycles. The maximum atomic E-state index is 13.3. The molecule has 0 saturated carbocycles. The first-order valence-electron chi connectivity index (χ1n) is 7.80. The van der Waals surface area contributed by atoms with Gasteiger partial charge in [0.15, 0.2) is 0 Å². The minimum atomic E-state index is -0.157. The van der Waals surface area contributed by atoms with Crippen LogP contribution in [0.2, 0.25) is 0 Å². The van der Waals surface area contributed by atoms with Gasteiger partial charge in [-0.05, 0) is 55.8 Å². The van der Waals surface area contributed by atoms with E-state index >= 15 is 0 Å². The highest BCUT2D eigenvalue weighted by Gasteiger charge is 2.19. The van der Waals surface area contributed by atoms with Crippen LogP contribution in [-0.4, -0.2) is 19.3 Å². The van der Waals surface area contributed by atoms with E-state index in [1.54, 1.807) is 17.4 Å². The van der Waals surface area contributed by atoms with Crippen molar-refractivity contribution in [3.05, 3.63) is 35.0 Å². The van der Waals surface area contributed by atoms with E-state index < -0.39 is 0 Å². The lowest BCUT2D eigenvalue weighted by molar-refractivity contribution is 0.0997. The van der Waals surface area contributed by atoms with Gasteiger partial charge in [-0.2, -0.15) is 0 Å². The molecule has 4 heteroatoms. The lowest BCUT2D eigenvalue weighted by Crippen LogP contribution is -2.21. The van der Waals surface area contributed by atoms with Crippen molar-refractivity contribution in [3.63, 3.8) is 0 Å². The lowest BCUT2D eigenvalue weighted by Gasteiger charge is -2.18. The van der Waals surface area contributed by atoms with Gasteiger partial charge in [0.25, 0.3) is 0 Å². The van der Waals surface area contributed by atoms with Gasteiger partial charge in [-0.1, -0.05) is 13.0 Å². The van der Waals surface area contributed by atoms with E-state index in [-0.39, 0.29) is 5.82 Å². The molecule has 0 spiro atoms. The molecule has 1 fully saturated rings. The third-order valence-electron chi connectivity index (χ3n) is 4.10. The van der Waals surface area contributed by atoms with Gasteiger partial charge < -0.3 is 10.1 Å². The summed E-state index contributed by atoms with van der Waals surface area (Å²) in [6, 6.07) is 7.58. The molecule has 0 radical (unpaired) electrons. The van der Waals surface area contributed by atoms with Gasteiger partial charge in [-0.25, -0.2) is 4.39 Å². The lowest BCUT2D eigenvalue weighted by atomic mass is 10.0. The predicted octanol–water partition coefficient (Wildman–Crippen LogP) is 4.65. The molecule has 21 heavy (non-hydrogen) atoms. The van der Waals surface area contributed by atoms with E-state index in [2.05, 4.69) is 18.3 Å². The van der Waals surface area contributed by atoms with Crippen molar-refractivity contribution in [3.8, 4) is 0 Å². The largest absolute Gasteiger partial charge is 0.378 e. The minimum absolute atomic E-state index is 0.157. The molecule has 2 nitrogen and oxygen atoms in total. The van der Waals surface area contributed by atoms with E-state index in [0.29, 0.717) is 12.1 Å². The Bertz CT molecular complexity index is 591. The molecular weight excluding hydrogens is 285 g/mol. The van der Waals surface area contributed by atoms with Gasteiger partial charge in [-0.15, -0.1) is 11.3 Å². The van der Waals surface area contributed by atoms with Gasteiger partial charge in [0.1, 0.15) is 5.82 Å². The second kappa shape index (κ2) is 6.86. The maximum Gasteiger partial charge on any atom is 0.124 e. The fourth-order valence-electron chi connectivity index (χ4n) is 3.01. The van der Waals surface area contributed by atoms with Crippen molar-refractivity contribution < 1.29 is 9.13 Å². The number of hydrogen-bond acceptors (Lipinski definition) is 3. The van der Waals surface area contributed by atoms with Crippen molar-refractivity contribution in [1.82, 2.24) is 5.32 Å². The van der Waals surface area contributed by atoms with Crippen LogP contribution < -0.4 is 5.32 Å². The van der Waals surface area contributed by atoms with E-state index in [1.165, 1.54) is 23.8 Å². The van der Waals surface area contributed by atoms with Crippen LogP contribution in [0.4, 0.5) is 4.39 Å². The van der Waals surface area contributed by atoms with Crippen LogP contribution in [-0.2, 0) is 4.74 Å². The number of thiophene rings is 1. The van der Waals surface area contributed by atoms with Crippen LogP contribution in [0.1, 0.15) is 43.5 Å². The molecule has 1 aliphatic rings. The number of ether oxygens (including phenoxy) is 1. The summed E-state index contributed by atoms with van der Waals surface area (Å²) in [5.41, 5.74) is 0. The normalized spacial score (nSPS) is 20.2. The summed E-state index contributed by atoms with van der Waals surface area (Å²) in [6.45, 7) is 3.99. The molecule has 3 rings (SSSR count). The van der Waals surface area contributed by atoms with Gasteiger partial charge in [0.2, 0.25) is 0 Å². The fourth-order valence-corrected chi connectivity index (χ4v) is 4.21. The Balaban J connectivity index is 1.74. The topological polar surface area (TPSA) is 21.3 Å². The van der Waals surface area contributed by atoms with E-state index in [4.69, 9.17) is 4.74 Å². The van der Waals surface area contributed by atoms with Crippen LogP contribution >= 0.6 is 11.3 Å². The molecule has 2 heterocycles. The number of hydrogen-bond donors (Lipinski definition) is 1. The zero-order valence-corrected chi connectivity index (χ0v) is 13.2. The summed E-state index contributed by atoms with van der Waals surface area (Å²) in [6.07, 6.45) is 4.99. The molecule has 0 aliphatic carbocycles. The average molecular weight is 307 g/mol. The van der Waals surface area contributed by atoms with E-state index in [9.17, 15) is 4.39 Å². The quantitative estimate of drug-likeness (QED) is 0.838. The van der Waals surface area contributed by atoms with Crippen LogP contribution in [0.3, 0.4) is 0 Å². The highest BCUT2D eigenvalue weighted by molar-refractivity contribution is 7.19. The zero-order valence-electron chi connectivity index (χ0n) is 12.4. The first kappa shape index (κ1) is 14.9. The van der Waals surface area contributed by atoms with E-state index in [0.717, 1.165) is 36.1 Å². The first-order valence-corrected chi connectivity index (χ1v) is 8.62. The minimum Gasteiger partial charge on any atom is -0.378 e. The first-order chi connectivity index (χ1) is 10.3. The summed E-state index contributed by atoms with van der Waals surface area (Å²) in [5, 5.41) is 4.70. The Kier molecular flexibility index (Phi) is 4.88. The Hall–Kier alpha value is -0.970. The highest BCUT2D eigenvalue weighted by atomic mass is 32.1. The summed E-state index contributed by atoms with van der Waals surface area (Å²) < 4.78 is 20.1. The van der Waals surface area contributed by atoms with Crippen LogP contribution in [0.25, 0.3) is 10.1 Å². The Morgan fingerprint density at radius 3 is 3.10 bits per heavy atom. The standard InChI is InChI=1S/C17H22FNOS/c1-2-19-15(8-7-14-4-3-9-20-14)17-10-12-5-6-13(18)11-16(12)21-17/h5-6,10-11,14-15,19H,2-4,7-9H2,1H3. The molecule has 0 bridgehead atoms. The summed E-state index contributed by atoms with van der Waals surface area (Å²) in [7, 11) is 0. The highest BCUT2D eigenvalue weighted by Crippen LogP contribution is 2.33. The zero-order chi connectivity index (χ0) is 14.7. The molecule has 2 aromatic rings. The fraction of sp³-hybridized carbons (Fsp3) is 0.529. The Morgan fingerprint density at radius 2 is 2.33 bits per heavy atom. The van der Waals surface area contributed by atoms with Crippen molar-refractivity contribution >= 4 is 21.4 Å². The number of nitrogens with one attached hydrogen (secondary N) is 1. The number of benzene rings is 1. The number of rotatable bonds is 6. The molecule has 114 valence electrons. The van der Waals surface area contributed by atoms with Gasteiger partial charge in [0.05, 0.1) is 6.10 Å². The molecule has 1 aromatic heterocycles. The monoisotopic (exact) mass is 307 g/mol. The molecule has 0 amide bonds. The van der Waals surface area contributed by atoms with Crippen molar-refractivity contribution in [2.75, 3.05) is 13.2 Å². The third-order valence-corrected chi connectivity index (χ3v) is 5.31. The van der Waals surface area contributed by atoms with Gasteiger partial charge in [-0.3, -0.25) is 0 Å². The predicted molar refractivity (Wildman–Crippen MR) is 86.4 cm³/mol. The van der Waals surface area contributed by atoms with Gasteiger partial charge >= 0.3 is 0 Å². The van der Waals surface area contributed by atoms with Gasteiger partial charge in [0, 0.05) is 22.2 Å². The second-order valence-corrected chi connectivity index (χ2v) is 6.77. The molecule has 1 N–H and O–H groups in total. The summed E-state index contributed by atoms with van der Waals surface area (Å²) in [4.78, 5) is 1.30. The van der Waals surface area contributed by atoms with Crippen molar-refractivity contribution in [1.29, 1.82) is 0 Å². The van der Waals surface area contributed by atoms with Crippen molar-refractivity contribution in [2.45, 2.75) is 44.8 Å². The molecule has 1 aromatic carbocycles. The smallest absolute Gasteiger partial charge is 0.124 e. The molecular formula is C17H22FNOS. The maximum absolute atomic E-state index is 13.3. The number of halogens is 1. The van der Waals surface area contributed by atoms with Crippen molar-refractivity contribution in [2.24, 2.45) is 0 Å². The van der Waals surface area contributed by atoms with Crippen LogP contribution in [0.5, 0.6) is 0 Å². The Morgan fingerprint density at radius 1 is 1.43 bits per heavy atom. The van der Waals surface area contributed by atoms with E-state index in [1.807, 2.05) is 6.07 Å².